The molecule has 192 valence electrons. The molecule has 1 N–H and O–H groups in total. The topological polar surface area (TPSA) is 76.1 Å². The summed E-state index contributed by atoms with van der Waals surface area (Å²) in [5, 5.41) is 11.5. The van der Waals surface area contributed by atoms with Crippen LogP contribution in [0.2, 0.25) is 0 Å². The minimum Gasteiger partial charge on any atom is -0.507 e. The molecule has 1 atom stereocenters. The van der Waals surface area contributed by atoms with Gasteiger partial charge < -0.3 is 14.6 Å². The molecule has 0 bridgehead atoms. The highest BCUT2D eigenvalue weighted by Gasteiger charge is 2.47. The van der Waals surface area contributed by atoms with Crippen molar-refractivity contribution in [3.63, 3.8) is 0 Å². The molecule has 1 unspecified atom stereocenters. The van der Waals surface area contributed by atoms with Crippen LogP contribution in [0, 0.1) is 13.8 Å². The molecular formula is C31H33NO5. The molecule has 0 saturated carbocycles. The van der Waals surface area contributed by atoms with Gasteiger partial charge in [0.05, 0.1) is 24.8 Å². The van der Waals surface area contributed by atoms with Crippen LogP contribution in [-0.2, 0) is 16.0 Å². The maximum atomic E-state index is 13.5. The number of aryl methyl sites for hydroxylation is 3. The lowest BCUT2D eigenvalue weighted by Crippen LogP contribution is -2.29. The quantitative estimate of drug-likeness (QED) is 0.235. The fraction of sp³-hybridized carbons (Fsp3) is 0.290. The van der Waals surface area contributed by atoms with Crippen molar-refractivity contribution in [3.8, 4) is 11.5 Å². The lowest BCUT2D eigenvalue weighted by Gasteiger charge is -2.26. The summed E-state index contributed by atoms with van der Waals surface area (Å²) in [6.45, 7) is 9.65. The first-order valence-electron chi connectivity index (χ1n) is 12.5. The van der Waals surface area contributed by atoms with Gasteiger partial charge in [0, 0.05) is 11.3 Å². The van der Waals surface area contributed by atoms with Crippen LogP contribution < -0.4 is 14.4 Å². The largest absolute Gasteiger partial charge is 0.507 e. The number of carbonyl (C=O) groups is 2. The van der Waals surface area contributed by atoms with Crippen molar-refractivity contribution in [2.75, 3.05) is 12.0 Å². The van der Waals surface area contributed by atoms with Gasteiger partial charge in [0.1, 0.15) is 17.3 Å². The number of rotatable bonds is 7. The van der Waals surface area contributed by atoms with E-state index in [2.05, 4.69) is 6.92 Å². The first-order valence-corrected chi connectivity index (χ1v) is 12.5. The highest BCUT2D eigenvalue weighted by atomic mass is 16.5. The number of amides is 1. The van der Waals surface area contributed by atoms with Crippen LogP contribution in [0.3, 0.4) is 0 Å². The Morgan fingerprint density at radius 1 is 0.973 bits per heavy atom. The number of hydrogen-bond acceptors (Lipinski definition) is 5. The van der Waals surface area contributed by atoms with Crippen molar-refractivity contribution in [1.29, 1.82) is 0 Å². The number of ether oxygens (including phenoxy) is 2. The Morgan fingerprint density at radius 3 is 2.19 bits per heavy atom. The monoisotopic (exact) mass is 499 g/mol. The molecule has 3 aromatic rings. The van der Waals surface area contributed by atoms with Gasteiger partial charge >= 0.3 is 0 Å². The summed E-state index contributed by atoms with van der Waals surface area (Å²) in [5.74, 6) is -0.258. The van der Waals surface area contributed by atoms with Gasteiger partial charge in [-0.15, -0.1) is 0 Å². The zero-order chi connectivity index (χ0) is 26.9. The number of carbonyl (C=O) groups excluding carboxylic acids is 2. The SMILES string of the molecule is CCc1ccc(C2/C(=C(\O)c3cc(C)c(OC)cc3C)C(=O)C(=O)N2c2ccc(OC(C)C)cc2)cc1. The maximum Gasteiger partial charge on any atom is 0.300 e. The second kappa shape index (κ2) is 10.5. The Hall–Kier alpha value is -4.06. The van der Waals surface area contributed by atoms with Gasteiger partial charge in [-0.25, -0.2) is 0 Å². The lowest BCUT2D eigenvalue weighted by molar-refractivity contribution is -0.132. The number of methoxy groups -OCH3 is 1. The Balaban J connectivity index is 1.90. The van der Waals surface area contributed by atoms with Crippen molar-refractivity contribution in [1.82, 2.24) is 0 Å². The van der Waals surface area contributed by atoms with Gasteiger partial charge in [-0.3, -0.25) is 14.5 Å². The van der Waals surface area contributed by atoms with Gasteiger partial charge in [0.2, 0.25) is 0 Å². The van der Waals surface area contributed by atoms with Gasteiger partial charge in [-0.2, -0.15) is 0 Å². The van der Waals surface area contributed by atoms with Crippen LogP contribution in [-0.4, -0.2) is 30.0 Å². The van der Waals surface area contributed by atoms with Crippen LogP contribution in [0.5, 0.6) is 11.5 Å². The van der Waals surface area contributed by atoms with Gasteiger partial charge in [-0.1, -0.05) is 31.2 Å². The standard InChI is InChI=1S/C31H33NO5/c1-7-21-8-10-22(11-9-21)28-27(29(33)25-16-20(5)26(36-6)17-19(25)4)30(34)31(35)32(28)23-12-14-24(15-13-23)37-18(2)3/h8-18,28,33H,7H2,1-6H3/b29-27+. The normalized spacial score (nSPS) is 16.9. The smallest absolute Gasteiger partial charge is 0.300 e. The summed E-state index contributed by atoms with van der Waals surface area (Å²) >= 11 is 0. The van der Waals surface area contributed by atoms with Crippen LogP contribution in [0.15, 0.2) is 66.2 Å². The highest BCUT2D eigenvalue weighted by Crippen LogP contribution is 2.43. The van der Waals surface area contributed by atoms with E-state index in [-0.39, 0.29) is 17.4 Å². The molecule has 1 saturated heterocycles. The van der Waals surface area contributed by atoms with E-state index in [1.165, 1.54) is 4.90 Å². The second-order valence-electron chi connectivity index (χ2n) is 9.56. The molecule has 37 heavy (non-hydrogen) atoms. The lowest BCUT2D eigenvalue weighted by atomic mass is 9.92. The van der Waals surface area contributed by atoms with Crippen LogP contribution in [0.4, 0.5) is 5.69 Å². The average molecular weight is 500 g/mol. The zero-order valence-corrected chi connectivity index (χ0v) is 22.2. The van der Waals surface area contributed by atoms with E-state index in [9.17, 15) is 14.7 Å². The predicted molar refractivity (Wildman–Crippen MR) is 145 cm³/mol. The van der Waals surface area contributed by atoms with E-state index >= 15 is 0 Å². The Bertz CT molecular complexity index is 1350. The average Bonchev–Trinajstić information content (AvgIpc) is 3.15. The summed E-state index contributed by atoms with van der Waals surface area (Å²) in [6, 6.07) is 17.7. The van der Waals surface area contributed by atoms with E-state index in [1.807, 2.05) is 58.0 Å². The molecule has 1 heterocycles. The Labute approximate surface area is 218 Å². The highest BCUT2D eigenvalue weighted by molar-refractivity contribution is 6.51. The predicted octanol–water partition coefficient (Wildman–Crippen LogP) is 6.29. The Morgan fingerprint density at radius 2 is 1.62 bits per heavy atom. The fourth-order valence-electron chi connectivity index (χ4n) is 4.72. The molecule has 0 radical (unpaired) electrons. The molecule has 4 rings (SSSR count). The van der Waals surface area contributed by atoms with Crippen LogP contribution in [0.25, 0.3) is 5.76 Å². The van der Waals surface area contributed by atoms with E-state index < -0.39 is 17.7 Å². The number of anilines is 1. The Kier molecular flexibility index (Phi) is 7.39. The second-order valence-corrected chi connectivity index (χ2v) is 9.56. The van der Waals surface area contributed by atoms with Gasteiger partial charge in [0.25, 0.3) is 11.7 Å². The minimum atomic E-state index is -0.787. The molecule has 1 aliphatic heterocycles. The number of ketones is 1. The molecule has 0 aromatic heterocycles. The van der Waals surface area contributed by atoms with Crippen LogP contribution >= 0.6 is 0 Å². The van der Waals surface area contributed by atoms with E-state index in [4.69, 9.17) is 9.47 Å². The molecule has 6 heteroatoms. The zero-order valence-electron chi connectivity index (χ0n) is 22.2. The van der Waals surface area contributed by atoms with E-state index in [0.29, 0.717) is 22.7 Å². The van der Waals surface area contributed by atoms with Crippen molar-refractivity contribution >= 4 is 23.1 Å². The molecule has 1 fully saturated rings. The fourth-order valence-corrected chi connectivity index (χ4v) is 4.72. The summed E-state index contributed by atoms with van der Waals surface area (Å²) in [6.07, 6.45) is 0.871. The molecule has 0 aliphatic carbocycles. The van der Waals surface area contributed by atoms with Crippen molar-refractivity contribution in [2.24, 2.45) is 0 Å². The molecule has 1 amide bonds. The first kappa shape index (κ1) is 26.0. The summed E-state index contributed by atoms with van der Waals surface area (Å²) in [4.78, 5) is 28.4. The third-order valence-corrected chi connectivity index (χ3v) is 6.63. The summed E-state index contributed by atoms with van der Waals surface area (Å²) < 4.78 is 11.2. The summed E-state index contributed by atoms with van der Waals surface area (Å²) in [5.41, 5.74) is 4.52. The number of hydrogen-bond donors (Lipinski definition) is 1. The van der Waals surface area contributed by atoms with Crippen molar-refractivity contribution in [3.05, 3.63) is 94.1 Å². The van der Waals surface area contributed by atoms with E-state index in [1.54, 1.807) is 37.4 Å². The first-order chi connectivity index (χ1) is 17.7. The number of aliphatic hydroxyl groups is 1. The van der Waals surface area contributed by atoms with Crippen molar-refractivity contribution < 1.29 is 24.2 Å². The van der Waals surface area contributed by atoms with Gasteiger partial charge in [0.15, 0.2) is 0 Å². The molecule has 6 nitrogen and oxygen atoms in total. The molecular weight excluding hydrogens is 466 g/mol. The van der Waals surface area contributed by atoms with E-state index in [0.717, 1.165) is 28.7 Å². The molecule has 0 spiro atoms. The number of aliphatic hydroxyl groups excluding tert-OH is 1. The number of Topliss-reactive ketones (excluding diaryl/α,β-unsaturated/α-hetero) is 1. The third kappa shape index (κ3) is 4.96. The number of nitrogens with zero attached hydrogens (tertiary/aromatic N) is 1. The molecule has 3 aromatic carbocycles. The summed E-state index contributed by atoms with van der Waals surface area (Å²) in [7, 11) is 1.59. The number of benzene rings is 3. The minimum absolute atomic E-state index is 0.00773. The molecule has 1 aliphatic rings. The maximum absolute atomic E-state index is 13.5. The third-order valence-electron chi connectivity index (χ3n) is 6.63. The van der Waals surface area contributed by atoms with Crippen molar-refractivity contribution in [2.45, 2.75) is 53.2 Å². The van der Waals surface area contributed by atoms with Gasteiger partial charge in [-0.05, 0) is 92.8 Å². The van der Waals surface area contributed by atoms with Crippen LogP contribution in [0.1, 0.15) is 54.6 Å².